The average Bonchev–Trinajstić information content (AvgIpc) is 1.83. The summed E-state index contributed by atoms with van der Waals surface area (Å²) < 4.78 is 0.853. The van der Waals surface area contributed by atoms with Crippen LogP contribution in [0.15, 0.2) is 21.9 Å². The van der Waals surface area contributed by atoms with E-state index in [2.05, 4.69) is 21.4 Å². The highest BCUT2D eigenvalue weighted by Crippen LogP contribution is 2.20. The number of hydrogen-bond acceptors (Lipinski definition) is 2. The van der Waals surface area contributed by atoms with Crippen molar-refractivity contribution in [2.24, 2.45) is 0 Å². The summed E-state index contributed by atoms with van der Waals surface area (Å²) in [7, 11) is 1.87. The molecule has 50 valence electrons. The Hall–Kier alpha value is -0.150. The van der Waals surface area contributed by atoms with E-state index in [9.17, 15) is 0 Å². The lowest BCUT2D eigenvalue weighted by atomic mass is 10.5. The molecule has 2 nitrogen and oxygen atoms in total. The number of nitrogens with zero attached hydrogens (tertiary/aromatic N) is 1. The molecule has 0 amide bonds. The quantitative estimate of drug-likeness (QED) is 0.612. The molecule has 0 spiro atoms. The third-order valence-electron chi connectivity index (χ3n) is 0.989. The average molecular weight is 209 g/mol. The lowest BCUT2D eigenvalue weighted by Crippen LogP contribution is -2.29. The van der Waals surface area contributed by atoms with Crippen LogP contribution < -0.4 is 5.43 Å². The van der Waals surface area contributed by atoms with Crippen molar-refractivity contribution >= 4 is 27.5 Å². The molecule has 1 aliphatic rings. The van der Waals surface area contributed by atoms with Crippen molar-refractivity contribution in [1.29, 1.82) is 0 Å². The number of nitrogens with one attached hydrogen (secondary N) is 1. The van der Waals surface area contributed by atoms with Gasteiger partial charge in [-0.1, -0.05) is 11.6 Å². The summed E-state index contributed by atoms with van der Waals surface area (Å²) in [6, 6.07) is 0. The fourth-order valence-electron chi connectivity index (χ4n) is 0.508. The third-order valence-corrected chi connectivity index (χ3v) is 2.48. The first-order valence-corrected chi connectivity index (χ1v) is 3.60. The second-order valence-electron chi connectivity index (χ2n) is 1.66. The van der Waals surface area contributed by atoms with Gasteiger partial charge in [-0.2, -0.15) is 0 Å². The molecule has 0 aromatic heterocycles. The molecule has 1 rings (SSSR count). The largest absolute Gasteiger partial charge is 0.305 e. The molecular formula is C5H6BrClN2. The number of hydrogen-bond donors (Lipinski definition) is 1. The zero-order chi connectivity index (χ0) is 6.85. The van der Waals surface area contributed by atoms with Gasteiger partial charge in [0.05, 0.1) is 5.03 Å². The van der Waals surface area contributed by atoms with E-state index in [4.69, 9.17) is 11.6 Å². The Morgan fingerprint density at radius 3 is 2.89 bits per heavy atom. The van der Waals surface area contributed by atoms with Gasteiger partial charge in [-0.25, -0.2) is 0 Å². The van der Waals surface area contributed by atoms with Gasteiger partial charge in [-0.15, -0.1) is 0 Å². The fourth-order valence-corrected chi connectivity index (χ4v) is 0.932. The molecule has 0 bridgehead atoms. The summed E-state index contributed by atoms with van der Waals surface area (Å²) in [5, 5.41) is 2.48. The summed E-state index contributed by atoms with van der Waals surface area (Å²) in [4.78, 5) is 0. The fraction of sp³-hybridized carbons (Fsp3) is 0.200. The Balaban J connectivity index is 2.83. The van der Waals surface area contributed by atoms with Crippen LogP contribution in [0.3, 0.4) is 0 Å². The number of hydrazine groups is 1. The zero-order valence-corrected chi connectivity index (χ0v) is 7.20. The molecule has 1 aliphatic heterocycles. The Kier molecular flexibility index (Phi) is 2.03. The zero-order valence-electron chi connectivity index (χ0n) is 4.86. The van der Waals surface area contributed by atoms with E-state index in [1.54, 1.807) is 17.3 Å². The van der Waals surface area contributed by atoms with Crippen molar-refractivity contribution in [2.45, 2.75) is 0 Å². The molecule has 0 unspecified atom stereocenters. The molecule has 1 heterocycles. The molecule has 0 aliphatic carbocycles. The molecule has 0 aromatic rings. The maximum atomic E-state index is 5.73. The first-order valence-electron chi connectivity index (χ1n) is 2.43. The maximum absolute atomic E-state index is 5.73. The van der Waals surface area contributed by atoms with Crippen LogP contribution in [0.4, 0.5) is 0 Å². The first-order chi connectivity index (χ1) is 4.22. The second-order valence-corrected chi connectivity index (χ2v) is 2.82. The van der Waals surface area contributed by atoms with Crippen molar-refractivity contribution in [1.82, 2.24) is 10.4 Å². The molecule has 0 radical (unpaired) electrons. The van der Waals surface area contributed by atoms with Crippen LogP contribution in [0.1, 0.15) is 0 Å². The van der Waals surface area contributed by atoms with Crippen molar-refractivity contribution < 1.29 is 0 Å². The van der Waals surface area contributed by atoms with Gasteiger partial charge in [0.2, 0.25) is 0 Å². The molecule has 1 N–H and O–H groups in total. The number of halogens is 2. The van der Waals surface area contributed by atoms with Crippen LogP contribution in [0.25, 0.3) is 0 Å². The summed E-state index contributed by atoms with van der Waals surface area (Å²) in [6.07, 6.45) is 3.55. The van der Waals surface area contributed by atoms with E-state index >= 15 is 0 Å². The minimum Gasteiger partial charge on any atom is -0.305 e. The normalized spacial score (nSPS) is 18.3. The van der Waals surface area contributed by atoms with E-state index in [0.717, 1.165) is 4.61 Å². The van der Waals surface area contributed by atoms with E-state index in [0.29, 0.717) is 5.03 Å². The van der Waals surface area contributed by atoms with Crippen LogP contribution in [-0.4, -0.2) is 12.1 Å². The molecule has 4 heteroatoms. The van der Waals surface area contributed by atoms with Gasteiger partial charge in [0.15, 0.2) is 0 Å². The van der Waals surface area contributed by atoms with Gasteiger partial charge >= 0.3 is 0 Å². The molecule has 0 saturated carbocycles. The van der Waals surface area contributed by atoms with E-state index in [1.807, 2.05) is 7.05 Å². The predicted molar refractivity (Wildman–Crippen MR) is 41.8 cm³/mol. The first kappa shape index (κ1) is 6.96. The van der Waals surface area contributed by atoms with E-state index < -0.39 is 0 Å². The SMILES string of the molecule is CN1NC=CC(Cl)=C1Br. The summed E-state index contributed by atoms with van der Waals surface area (Å²) in [5.74, 6) is 0. The highest BCUT2D eigenvalue weighted by Gasteiger charge is 2.06. The standard InChI is InChI=1S/C5H6BrClN2/c1-9-5(6)4(7)2-3-8-9/h2-3,8H,1H3. The molecule has 0 atom stereocenters. The molecule has 0 fully saturated rings. The number of rotatable bonds is 0. The Bertz CT molecular complexity index is 176. The summed E-state index contributed by atoms with van der Waals surface area (Å²) in [6.45, 7) is 0. The highest BCUT2D eigenvalue weighted by atomic mass is 79.9. The van der Waals surface area contributed by atoms with Gasteiger partial charge in [0.25, 0.3) is 0 Å². The third kappa shape index (κ3) is 1.40. The predicted octanol–water partition coefficient (Wildman–Crippen LogP) is 1.75. The Morgan fingerprint density at radius 2 is 2.44 bits per heavy atom. The smallest absolute Gasteiger partial charge is 0.118 e. The van der Waals surface area contributed by atoms with Crippen LogP contribution in [-0.2, 0) is 0 Å². The Morgan fingerprint density at radius 1 is 1.78 bits per heavy atom. The van der Waals surface area contributed by atoms with Crippen LogP contribution in [0, 0.1) is 0 Å². The van der Waals surface area contributed by atoms with Crippen LogP contribution in [0.5, 0.6) is 0 Å². The maximum Gasteiger partial charge on any atom is 0.118 e. The highest BCUT2D eigenvalue weighted by molar-refractivity contribution is 9.11. The molecular weight excluding hydrogens is 203 g/mol. The lowest BCUT2D eigenvalue weighted by molar-refractivity contribution is 0.373. The van der Waals surface area contributed by atoms with Crippen molar-refractivity contribution in [3.63, 3.8) is 0 Å². The van der Waals surface area contributed by atoms with Crippen molar-refractivity contribution in [2.75, 3.05) is 7.05 Å². The molecule has 0 aromatic carbocycles. The summed E-state index contributed by atoms with van der Waals surface area (Å²) >= 11 is 9.01. The van der Waals surface area contributed by atoms with Gasteiger partial charge in [0, 0.05) is 13.2 Å². The topological polar surface area (TPSA) is 15.3 Å². The van der Waals surface area contributed by atoms with E-state index in [1.165, 1.54) is 0 Å². The van der Waals surface area contributed by atoms with Crippen molar-refractivity contribution in [3.05, 3.63) is 21.9 Å². The van der Waals surface area contributed by atoms with E-state index in [-0.39, 0.29) is 0 Å². The van der Waals surface area contributed by atoms with Gasteiger partial charge in [0.1, 0.15) is 4.61 Å². The Labute approximate surface area is 67.3 Å². The van der Waals surface area contributed by atoms with Gasteiger partial charge < -0.3 is 5.43 Å². The minimum absolute atomic E-state index is 0.705. The van der Waals surface area contributed by atoms with Crippen LogP contribution >= 0.6 is 27.5 Å². The lowest BCUT2D eigenvalue weighted by Gasteiger charge is -2.21. The van der Waals surface area contributed by atoms with Gasteiger partial charge in [-0.05, 0) is 22.0 Å². The number of allylic oxidation sites excluding steroid dienone is 2. The molecule has 0 saturated heterocycles. The minimum atomic E-state index is 0.705. The summed E-state index contributed by atoms with van der Waals surface area (Å²) in [5.41, 5.74) is 2.93. The van der Waals surface area contributed by atoms with Gasteiger partial charge in [-0.3, -0.25) is 5.01 Å². The van der Waals surface area contributed by atoms with Crippen molar-refractivity contribution in [3.8, 4) is 0 Å². The second kappa shape index (κ2) is 2.62. The monoisotopic (exact) mass is 208 g/mol. The molecule has 9 heavy (non-hydrogen) atoms. The van der Waals surface area contributed by atoms with Crippen LogP contribution in [0.2, 0.25) is 0 Å².